The maximum absolute atomic E-state index is 11.5. The highest BCUT2D eigenvalue weighted by Crippen LogP contribution is 2.14. The minimum Gasteiger partial charge on any atom is -0.468 e. The van der Waals surface area contributed by atoms with Crippen molar-refractivity contribution in [3.63, 3.8) is 0 Å². The molecule has 0 heterocycles. The Bertz CT molecular complexity index is 285. The summed E-state index contributed by atoms with van der Waals surface area (Å²) in [6, 6.07) is 1.75. The Labute approximate surface area is 89.0 Å². The number of nitriles is 1. The molecule has 1 atom stereocenters. The average molecular weight is 213 g/mol. The Morgan fingerprint density at radius 1 is 1.33 bits per heavy atom. The van der Waals surface area contributed by atoms with E-state index in [4.69, 9.17) is 10.00 Å². The predicted octanol–water partition coefficient (Wildman–Crippen LogP) is 1.03. The van der Waals surface area contributed by atoms with Crippen molar-refractivity contribution in [2.75, 3.05) is 7.11 Å². The van der Waals surface area contributed by atoms with E-state index in [-0.39, 0.29) is 6.42 Å². The Hall–Kier alpha value is -1.57. The number of hydrogen-bond donors (Lipinski definition) is 0. The van der Waals surface area contributed by atoms with Crippen LogP contribution >= 0.6 is 0 Å². The van der Waals surface area contributed by atoms with E-state index in [9.17, 15) is 9.59 Å². The summed E-state index contributed by atoms with van der Waals surface area (Å²) in [6.07, 6.45) is -0.235. The fourth-order valence-corrected chi connectivity index (χ4v) is 0.869. The Morgan fingerprint density at radius 3 is 2.20 bits per heavy atom. The lowest BCUT2D eigenvalue weighted by Crippen LogP contribution is -2.33. The number of methoxy groups -OCH3 is 1. The van der Waals surface area contributed by atoms with Gasteiger partial charge in [0.25, 0.3) is 0 Å². The molecule has 0 fully saturated rings. The number of nitrogens with zero attached hydrogens (tertiary/aromatic N) is 1. The van der Waals surface area contributed by atoms with Gasteiger partial charge in [-0.1, -0.05) is 0 Å². The lowest BCUT2D eigenvalue weighted by Gasteiger charge is -2.21. The standard InChI is InChI=1S/C10H15NO4/c1-10(2,3)15-9(13)7(5-6-11)8(12)14-4/h7H,5H2,1-4H3. The maximum Gasteiger partial charge on any atom is 0.321 e. The minimum absolute atomic E-state index is 0.235. The van der Waals surface area contributed by atoms with Crippen LogP contribution in [0.4, 0.5) is 0 Å². The molecule has 0 saturated heterocycles. The molecule has 0 radical (unpaired) electrons. The van der Waals surface area contributed by atoms with Gasteiger partial charge in [0.15, 0.2) is 5.92 Å². The second-order valence-corrected chi connectivity index (χ2v) is 3.97. The molecule has 0 rings (SSSR count). The summed E-state index contributed by atoms with van der Waals surface area (Å²) in [6.45, 7) is 5.06. The highest BCUT2D eigenvalue weighted by Gasteiger charge is 2.31. The van der Waals surface area contributed by atoms with Crippen molar-refractivity contribution >= 4 is 11.9 Å². The topological polar surface area (TPSA) is 76.4 Å². The summed E-state index contributed by atoms with van der Waals surface area (Å²) >= 11 is 0. The molecule has 0 bridgehead atoms. The minimum atomic E-state index is -1.15. The van der Waals surface area contributed by atoms with Gasteiger partial charge < -0.3 is 9.47 Å². The summed E-state index contributed by atoms with van der Waals surface area (Å²) in [5.41, 5.74) is -0.682. The van der Waals surface area contributed by atoms with Crippen molar-refractivity contribution in [2.24, 2.45) is 5.92 Å². The predicted molar refractivity (Wildman–Crippen MR) is 51.6 cm³/mol. The zero-order valence-electron chi connectivity index (χ0n) is 9.36. The number of carbonyl (C=O) groups excluding carboxylic acids is 2. The van der Waals surface area contributed by atoms with Gasteiger partial charge in [0.1, 0.15) is 5.60 Å². The molecule has 0 aromatic heterocycles. The summed E-state index contributed by atoms with van der Waals surface area (Å²) in [4.78, 5) is 22.6. The van der Waals surface area contributed by atoms with Crippen LogP contribution in [-0.4, -0.2) is 24.6 Å². The second kappa shape index (κ2) is 5.35. The van der Waals surface area contributed by atoms with E-state index in [1.54, 1.807) is 26.8 Å². The third kappa shape index (κ3) is 5.01. The Morgan fingerprint density at radius 2 is 1.87 bits per heavy atom. The number of ether oxygens (including phenoxy) is 2. The molecule has 0 aromatic carbocycles. The molecule has 15 heavy (non-hydrogen) atoms. The molecule has 0 saturated carbocycles. The summed E-state index contributed by atoms with van der Waals surface area (Å²) in [7, 11) is 1.16. The van der Waals surface area contributed by atoms with Crippen LogP contribution in [0.2, 0.25) is 0 Å². The van der Waals surface area contributed by atoms with E-state index in [1.165, 1.54) is 0 Å². The first kappa shape index (κ1) is 13.4. The number of hydrogen-bond acceptors (Lipinski definition) is 5. The van der Waals surface area contributed by atoms with Crippen LogP contribution in [-0.2, 0) is 19.1 Å². The summed E-state index contributed by atoms with van der Waals surface area (Å²) in [5, 5.41) is 8.46. The van der Waals surface area contributed by atoms with Crippen LogP contribution in [0.5, 0.6) is 0 Å². The SMILES string of the molecule is COC(=O)C(CC#N)C(=O)OC(C)(C)C. The maximum atomic E-state index is 11.5. The first-order valence-corrected chi connectivity index (χ1v) is 4.49. The van der Waals surface area contributed by atoms with Gasteiger partial charge in [-0.2, -0.15) is 5.26 Å². The molecular formula is C10H15NO4. The van der Waals surface area contributed by atoms with Crippen molar-refractivity contribution in [1.29, 1.82) is 5.26 Å². The van der Waals surface area contributed by atoms with E-state index in [1.807, 2.05) is 0 Å². The summed E-state index contributed by atoms with van der Waals surface area (Å²) in [5.74, 6) is -2.62. The van der Waals surface area contributed by atoms with Gasteiger partial charge in [-0.15, -0.1) is 0 Å². The number of esters is 2. The van der Waals surface area contributed by atoms with Crippen LogP contribution in [0.25, 0.3) is 0 Å². The second-order valence-electron chi connectivity index (χ2n) is 3.97. The molecule has 0 N–H and O–H groups in total. The highest BCUT2D eigenvalue weighted by atomic mass is 16.6. The fraction of sp³-hybridized carbons (Fsp3) is 0.700. The van der Waals surface area contributed by atoms with E-state index in [0.29, 0.717) is 0 Å². The monoisotopic (exact) mass is 213 g/mol. The van der Waals surface area contributed by atoms with Crippen molar-refractivity contribution in [1.82, 2.24) is 0 Å². The average Bonchev–Trinajstić information content (AvgIpc) is 2.10. The van der Waals surface area contributed by atoms with Gasteiger partial charge in [-0.3, -0.25) is 9.59 Å². The van der Waals surface area contributed by atoms with E-state index in [0.717, 1.165) is 7.11 Å². The molecule has 0 aromatic rings. The van der Waals surface area contributed by atoms with Gasteiger partial charge in [-0.05, 0) is 20.8 Å². The Balaban J connectivity index is 4.58. The van der Waals surface area contributed by atoms with Gasteiger partial charge in [0.05, 0.1) is 19.6 Å². The lowest BCUT2D eigenvalue weighted by atomic mass is 10.1. The summed E-state index contributed by atoms with van der Waals surface area (Å²) < 4.78 is 9.39. The van der Waals surface area contributed by atoms with E-state index >= 15 is 0 Å². The van der Waals surface area contributed by atoms with E-state index in [2.05, 4.69) is 4.74 Å². The van der Waals surface area contributed by atoms with Crippen molar-refractivity contribution < 1.29 is 19.1 Å². The molecule has 5 nitrogen and oxygen atoms in total. The molecule has 5 heteroatoms. The lowest BCUT2D eigenvalue weighted by molar-refractivity contribution is -0.167. The molecular weight excluding hydrogens is 198 g/mol. The molecule has 0 amide bonds. The number of carbonyl (C=O) groups is 2. The third-order valence-corrected chi connectivity index (χ3v) is 1.47. The van der Waals surface area contributed by atoms with Gasteiger partial charge in [0.2, 0.25) is 0 Å². The molecule has 0 aliphatic heterocycles. The fourth-order valence-electron chi connectivity index (χ4n) is 0.869. The van der Waals surface area contributed by atoms with Gasteiger partial charge >= 0.3 is 11.9 Å². The highest BCUT2D eigenvalue weighted by molar-refractivity contribution is 5.95. The van der Waals surface area contributed by atoms with Gasteiger partial charge in [0, 0.05) is 0 Å². The van der Waals surface area contributed by atoms with E-state index < -0.39 is 23.5 Å². The van der Waals surface area contributed by atoms with Crippen molar-refractivity contribution in [3.8, 4) is 6.07 Å². The van der Waals surface area contributed by atoms with Crippen molar-refractivity contribution in [3.05, 3.63) is 0 Å². The van der Waals surface area contributed by atoms with Crippen LogP contribution in [0, 0.1) is 17.2 Å². The van der Waals surface area contributed by atoms with Crippen LogP contribution < -0.4 is 0 Å². The molecule has 0 aliphatic carbocycles. The smallest absolute Gasteiger partial charge is 0.321 e. The third-order valence-electron chi connectivity index (χ3n) is 1.47. The first-order chi connectivity index (χ1) is 6.81. The van der Waals surface area contributed by atoms with Crippen LogP contribution in [0.1, 0.15) is 27.2 Å². The quantitative estimate of drug-likeness (QED) is 0.517. The van der Waals surface area contributed by atoms with Crippen molar-refractivity contribution in [2.45, 2.75) is 32.8 Å². The normalized spacial score (nSPS) is 12.5. The van der Waals surface area contributed by atoms with Gasteiger partial charge in [-0.25, -0.2) is 0 Å². The number of rotatable bonds is 3. The first-order valence-electron chi connectivity index (χ1n) is 4.49. The molecule has 0 spiro atoms. The molecule has 1 unspecified atom stereocenters. The zero-order valence-corrected chi connectivity index (χ0v) is 9.36. The largest absolute Gasteiger partial charge is 0.468 e. The van der Waals surface area contributed by atoms with Crippen LogP contribution in [0.3, 0.4) is 0 Å². The molecule has 84 valence electrons. The van der Waals surface area contributed by atoms with Crippen LogP contribution in [0.15, 0.2) is 0 Å². The Kier molecular flexibility index (Phi) is 4.79. The zero-order chi connectivity index (χ0) is 12.1. The molecule has 0 aliphatic rings.